The number of carbonyl (C=O) groups excluding carboxylic acids is 3. The molecule has 3 unspecified atom stereocenters. The molecular weight excluding hydrogens is 560 g/mol. The van der Waals surface area contributed by atoms with E-state index < -0.39 is 22.6 Å². The van der Waals surface area contributed by atoms with Crippen molar-refractivity contribution >= 4 is 40.9 Å². The average Bonchev–Trinajstić information content (AvgIpc) is 3.60. The van der Waals surface area contributed by atoms with Gasteiger partial charge in [0.2, 0.25) is 11.8 Å². The summed E-state index contributed by atoms with van der Waals surface area (Å²) in [5.74, 6) is -1.14. The molecule has 0 aliphatic carbocycles. The number of nitrogens with zero attached hydrogens (tertiary/aromatic N) is 4. The summed E-state index contributed by atoms with van der Waals surface area (Å²) in [6, 6.07) is 7.34. The van der Waals surface area contributed by atoms with Crippen LogP contribution in [-0.2, 0) is 14.4 Å². The topological polar surface area (TPSA) is 84.4 Å². The van der Waals surface area contributed by atoms with Crippen molar-refractivity contribution in [2.24, 2.45) is 17.8 Å². The number of thioether (sulfide) groups is 1. The van der Waals surface area contributed by atoms with E-state index in [9.17, 15) is 19.5 Å². The molecule has 8 nitrogen and oxygen atoms in total. The zero-order chi connectivity index (χ0) is 31.3. The van der Waals surface area contributed by atoms with Gasteiger partial charge in [-0.25, -0.2) is 0 Å². The maximum atomic E-state index is 14.8. The number of aliphatic hydroxyl groups excluding tert-OH is 1. The normalized spacial score (nSPS) is 27.2. The van der Waals surface area contributed by atoms with Gasteiger partial charge in [-0.3, -0.25) is 14.4 Å². The van der Waals surface area contributed by atoms with Gasteiger partial charge in [0.1, 0.15) is 6.04 Å². The van der Waals surface area contributed by atoms with E-state index in [1.165, 1.54) is 0 Å². The highest BCUT2D eigenvalue weighted by Gasteiger charge is 2.76. The minimum Gasteiger partial charge on any atom is -0.396 e. The molecule has 0 saturated carbocycles. The van der Waals surface area contributed by atoms with E-state index in [2.05, 4.69) is 38.8 Å². The van der Waals surface area contributed by atoms with Crippen LogP contribution in [-0.4, -0.2) is 94.5 Å². The molecule has 43 heavy (non-hydrogen) atoms. The van der Waals surface area contributed by atoms with Crippen LogP contribution < -0.4 is 9.80 Å². The lowest BCUT2D eigenvalue weighted by atomic mass is 9.65. The number of hydrogen-bond donors (Lipinski definition) is 1. The second kappa shape index (κ2) is 14.3. The molecule has 3 heterocycles. The van der Waals surface area contributed by atoms with E-state index in [1.807, 2.05) is 36.1 Å². The minimum absolute atomic E-state index is 0.00304. The van der Waals surface area contributed by atoms with Gasteiger partial charge in [0, 0.05) is 62.5 Å². The highest BCUT2D eigenvalue weighted by Crippen LogP contribution is 2.69. The van der Waals surface area contributed by atoms with Crippen molar-refractivity contribution in [1.29, 1.82) is 0 Å². The number of unbranched alkanes of at least 4 members (excludes halogenated alkanes) is 1. The monoisotopic (exact) mass is 610 g/mol. The molecule has 9 heteroatoms. The van der Waals surface area contributed by atoms with Crippen LogP contribution in [0.2, 0.25) is 0 Å². The molecule has 3 amide bonds. The summed E-state index contributed by atoms with van der Waals surface area (Å²) >= 11 is 1.71. The van der Waals surface area contributed by atoms with Crippen LogP contribution in [0.5, 0.6) is 0 Å². The first kappa shape index (κ1) is 33.1. The molecule has 1 spiro atoms. The Balaban J connectivity index is 1.76. The van der Waals surface area contributed by atoms with Gasteiger partial charge in [0.15, 0.2) is 0 Å². The summed E-state index contributed by atoms with van der Waals surface area (Å²) in [6.45, 7) is 19.8. The summed E-state index contributed by atoms with van der Waals surface area (Å²) in [5, 5.41) is 9.51. The van der Waals surface area contributed by atoms with Gasteiger partial charge >= 0.3 is 0 Å². The first-order valence-electron chi connectivity index (χ1n) is 16.0. The molecule has 3 aliphatic rings. The number of likely N-dealkylation sites (tertiary alicyclic amines) is 1. The van der Waals surface area contributed by atoms with Crippen molar-refractivity contribution in [3.63, 3.8) is 0 Å². The average molecular weight is 611 g/mol. The van der Waals surface area contributed by atoms with Crippen LogP contribution in [0.4, 0.5) is 11.4 Å². The quantitative estimate of drug-likeness (QED) is 0.218. The maximum Gasteiger partial charge on any atom is 0.251 e. The van der Waals surface area contributed by atoms with Crippen molar-refractivity contribution in [2.45, 2.75) is 69.4 Å². The summed E-state index contributed by atoms with van der Waals surface area (Å²) in [5.41, 5.74) is 1.86. The van der Waals surface area contributed by atoms with Crippen molar-refractivity contribution in [2.75, 3.05) is 55.7 Å². The lowest BCUT2D eigenvalue weighted by Crippen LogP contribution is -2.57. The maximum absolute atomic E-state index is 14.8. The summed E-state index contributed by atoms with van der Waals surface area (Å²) in [4.78, 5) is 51.0. The number of anilines is 2. The summed E-state index contributed by atoms with van der Waals surface area (Å²) in [6.07, 6.45) is 6.23. The highest BCUT2D eigenvalue weighted by molar-refractivity contribution is 8.02. The van der Waals surface area contributed by atoms with Crippen LogP contribution in [0.3, 0.4) is 0 Å². The van der Waals surface area contributed by atoms with Crippen molar-refractivity contribution in [1.82, 2.24) is 9.80 Å². The first-order valence-corrected chi connectivity index (χ1v) is 16.9. The molecule has 3 aliphatic heterocycles. The fraction of sp³-hybridized carbons (Fsp3) is 0.618. The van der Waals surface area contributed by atoms with Crippen molar-refractivity contribution in [3.05, 3.63) is 49.6 Å². The van der Waals surface area contributed by atoms with E-state index in [4.69, 9.17) is 0 Å². The fourth-order valence-electron chi connectivity index (χ4n) is 7.67. The first-order chi connectivity index (χ1) is 20.7. The number of amides is 3. The summed E-state index contributed by atoms with van der Waals surface area (Å²) in [7, 11) is 0. The molecule has 1 N–H and O–H groups in total. The van der Waals surface area contributed by atoms with Crippen LogP contribution in [0, 0.1) is 17.8 Å². The number of rotatable bonds is 16. The fourth-order valence-corrected chi connectivity index (χ4v) is 10.1. The standard InChI is InChI=1S/C34H50N4O4S/c1-7-18-36(19-8-2)31(40)28-27-23-24(6)34(43-27)29(28)32(41)38(21-12-13-22-39)30(34)33(42)37(20-9-3)26-16-14-25(15-17-26)35(10-4)11-5/h7,9,14-17,24,27-30,39H,1,3,8,10-13,18-23H2,2,4-6H3/t24?,27-,28+,29-,30?,34?/m0/s1. The number of aliphatic hydroxyl groups is 1. The summed E-state index contributed by atoms with van der Waals surface area (Å²) < 4.78 is -0.689. The Bertz CT molecular complexity index is 1170. The van der Waals surface area contributed by atoms with Crippen LogP contribution in [0.1, 0.15) is 53.4 Å². The van der Waals surface area contributed by atoms with E-state index >= 15 is 0 Å². The van der Waals surface area contributed by atoms with Crippen molar-refractivity contribution < 1.29 is 19.5 Å². The Morgan fingerprint density at radius 3 is 2.28 bits per heavy atom. The van der Waals surface area contributed by atoms with Crippen LogP contribution in [0.25, 0.3) is 0 Å². The zero-order valence-corrected chi connectivity index (χ0v) is 27.2. The van der Waals surface area contributed by atoms with E-state index in [0.717, 1.165) is 37.3 Å². The Kier molecular flexibility index (Phi) is 11.0. The lowest BCUT2D eigenvalue weighted by Gasteiger charge is -2.41. The Hall–Kier alpha value is -2.78. The van der Waals surface area contributed by atoms with Crippen LogP contribution >= 0.6 is 11.8 Å². The van der Waals surface area contributed by atoms with Crippen molar-refractivity contribution in [3.8, 4) is 0 Å². The zero-order valence-electron chi connectivity index (χ0n) is 26.4. The molecule has 1 aromatic rings. The molecule has 2 bridgehead atoms. The van der Waals surface area contributed by atoms with Gasteiger partial charge in [0.25, 0.3) is 5.91 Å². The highest BCUT2D eigenvalue weighted by atomic mass is 32.2. The third kappa shape index (κ3) is 5.87. The SMILES string of the molecule is C=CCN(CCC)C(=O)[C@@H]1[C@@H]2CC(C)C3(S2)C(C(=O)N(CC=C)c2ccc(N(CC)CC)cc2)N(CCCCO)C(=O)[C@H]13. The Labute approximate surface area is 262 Å². The van der Waals surface area contributed by atoms with Gasteiger partial charge in [-0.1, -0.05) is 26.0 Å². The smallest absolute Gasteiger partial charge is 0.251 e. The lowest BCUT2D eigenvalue weighted by molar-refractivity contribution is -0.144. The van der Waals surface area contributed by atoms with E-state index in [0.29, 0.717) is 39.0 Å². The third-order valence-corrected chi connectivity index (χ3v) is 11.7. The van der Waals surface area contributed by atoms with Crippen LogP contribution in [0.15, 0.2) is 49.6 Å². The molecular formula is C34H50N4O4S. The Morgan fingerprint density at radius 1 is 1.05 bits per heavy atom. The van der Waals surface area contributed by atoms with E-state index in [1.54, 1.807) is 33.7 Å². The molecule has 6 atom stereocenters. The number of carbonyl (C=O) groups is 3. The molecule has 3 saturated heterocycles. The van der Waals surface area contributed by atoms with Gasteiger partial charge in [-0.2, -0.15) is 0 Å². The molecule has 236 valence electrons. The molecule has 3 fully saturated rings. The molecule has 1 aromatic carbocycles. The van der Waals surface area contributed by atoms with Gasteiger partial charge in [-0.05, 0) is 69.7 Å². The predicted octanol–water partition coefficient (Wildman–Crippen LogP) is 4.59. The number of benzene rings is 1. The Morgan fingerprint density at radius 2 is 1.70 bits per heavy atom. The second-order valence-electron chi connectivity index (χ2n) is 12.0. The van der Waals surface area contributed by atoms with E-state index in [-0.39, 0.29) is 35.5 Å². The number of hydrogen-bond acceptors (Lipinski definition) is 6. The largest absolute Gasteiger partial charge is 0.396 e. The number of fused-ring (bicyclic) bond motifs is 1. The molecule has 4 rings (SSSR count). The van der Waals surface area contributed by atoms with Gasteiger partial charge in [0.05, 0.1) is 16.6 Å². The predicted molar refractivity (Wildman–Crippen MR) is 176 cm³/mol. The van der Waals surface area contributed by atoms with Gasteiger partial charge in [-0.15, -0.1) is 24.9 Å². The van der Waals surface area contributed by atoms with Gasteiger partial charge < -0.3 is 24.7 Å². The second-order valence-corrected chi connectivity index (χ2v) is 13.6. The minimum atomic E-state index is -0.701. The molecule has 0 radical (unpaired) electrons. The third-order valence-electron chi connectivity index (χ3n) is 9.59. The molecule has 0 aromatic heterocycles.